The third kappa shape index (κ3) is 3.65. The molecule has 2 N–H and O–H groups in total. The largest absolute Gasteiger partial charge is 0.493 e. The molecule has 0 aromatic heterocycles. The fraction of sp³-hybridized carbons (Fsp3) is 0.375. The number of methoxy groups -OCH3 is 1. The molecule has 2 aliphatic rings. The van der Waals surface area contributed by atoms with Crippen molar-refractivity contribution in [3.8, 4) is 11.5 Å². The Morgan fingerprint density at radius 2 is 1.75 bits per heavy atom. The summed E-state index contributed by atoms with van der Waals surface area (Å²) >= 11 is 0. The molecule has 1 aliphatic carbocycles. The van der Waals surface area contributed by atoms with E-state index in [0.717, 1.165) is 31.2 Å². The van der Waals surface area contributed by atoms with Crippen molar-refractivity contribution in [1.82, 2.24) is 0 Å². The molecular formula is C24H26NO7+. The SMILES string of the molecule is COc1ccc(C(CC(=O)O)[N+]2(O)C(=O)c3ccc(C)cc3C2=O)cc1OC1CCCC1. The number of hydrogen-bond acceptors (Lipinski definition) is 6. The molecule has 8 heteroatoms. The predicted molar refractivity (Wildman–Crippen MR) is 113 cm³/mol. The molecule has 4 rings (SSSR count). The minimum Gasteiger partial charge on any atom is -0.493 e. The lowest BCUT2D eigenvalue weighted by molar-refractivity contribution is -0.991. The number of aryl methyl sites for hydroxylation is 1. The first kappa shape index (κ1) is 22.0. The van der Waals surface area contributed by atoms with Crippen molar-refractivity contribution in [3.05, 3.63) is 58.7 Å². The van der Waals surface area contributed by atoms with Crippen LogP contribution in [0.3, 0.4) is 0 Å². The lowest BCUT2D eigenvalue weighted by atomic mass is 10.0. The molecule has 2 atom stereocenters. The minimum absolute atomic E-state index is 0.0108. The van der Waals surface area contributed by atoms with Crippen LogP contribution in [0.2, 0.25) is 0 Å². The van der Waals surface area contributed by atoms with Crippen molar-refractivity contribution in [1.29, 1.82) is 0 Å². The molecule has 2 aromatic carbocycles. The molecule has 1 saturated carbocycles. The molecule has 0 spiro atoms. The first-order valence-corrected chi connectivity index (χ1v) is 10.6. The number of rotatable bonds is 7. The molecule has 0 saturated heterocycles. The minimum atomic E-state index is -1.65. The lowest BCUT2D eigenvalue weighted by Crippen LogP contribution is -2.53. The smallest absolute Gasteiger partial charge is 0.387 e. The number of imide groups is 1. The number of benzene rings is 2. The molecule has 168 valence electrons. The topological polar surface area (TPSA) is 110 Å². The summed E-state index contributed by atoms with van der Waals surface area (Å²) in [6.45, 7) is 1.77. The fourth-order valence-corrected chi connectivity index (χ4v) is 4.57. The first-order valence-electron chi connectivity index (χ1n) is 10.6. The fourth-order valence-electron chi connectivity index (χ4n) is 4.57. The van der Waals surface area contributed by atoms with Gasteiger partial charge in [0, 0.05) is 5.56 Å². The number of carbonyl (C=O) groups is 3. The van der Waals surface area contributed by atoms with Crippen LogP contribution in [0.5, 0.6) is 11.5 Å². The summed E-state index contributed by atoms with van der Waals surface area (Å²) in [6, 6.07) is 8.07. The monoisotopic (exact) mass is 440 g/mol. The average molecular weight is 440 g/mol. The molecule has 2 unspecified atom stereocenters. The summed E-state index contributed by atoms with van der Waals surface area (Å²) in [6.07, 6.45) is 3.30. The Labute approximate surface area is 185 Å². The van der Waals surface area contributed by atoms with Crippen LogP contribution in [-0.4, -0.2) is 46.0 Å². The van der Waals surface area contributed by atoms with Crippen LogP contribution >= 0.6 is 0 Å². The van der Waals surface area contributed by atoms with Gasteiger partial charge in [0.2, 0.25) is 0 Å². The summed E-state index contributed by atoms with van der Waals surface area (Å²) in [5.41, 5.74) is 1.22. The number of carbonyl (C=O) groups excluding carboxylic acids is 2. The van der Waals surface area contributed by atoms with Gasteiger partial charge in [0.15, 0.2) is 17.5 Å². The Morgan fingerprint density at radius 1 is 1.06 bits per heavy atom. The van der Waals surface area contributed by atoms with Crippen molar-refractivity contribution in [3.63, 3.8) is 0 Å². The van der Waals surface area contributed by atoms with Gasteiger partial charge in [-0.15, -0.1) is 0 Å². The second-order valence-corrected chi connectivity index (χ2v) is 8.39. The van der Waals surface area contributed by atoms with Crippen LogP contribution in [0.15, 0.2) is 36.4 Å². The van der Waals surface area contributed by atoms with E-state index in [2.05, 4.69) is 0 Å². The normalized spacial score (nSPS) is 21.5. The quantitative estimate of drug-likeness (QED) is 0.380. The van der Waals surface area contributed by atoms with Crippen LogP contribution in [0.25, 0.3) is 0 Å². The molecule has 1 aliphatic heterocycles. The Bertz CT molecular complexity index is 1090. The van der Waals surface area contributed by atoms with E-state index >= 15 is 0 Å². The van der Waals surface area contributed by atoms with E-state index in [0.29, 0.717) is 17.1 Å². The number of amides is 2. The Morgan fingerprint density at radius 3 is 2.41 bits per heavy atom. The number of carboxylic acids is 1. The van der Waals surface area contributed by atoms with Crippen molar-refractivity contribution < 1.29 is 38.8 Å². The van der Waals surface area contributed by atoms with Gasteiger partial charge < -0.3 is 14.6 Å². The van der Waals surface area contributed by atoms with E-state index in [1.807, 2.05) is 0 Å². The molecule has 1 fully saturated rings. The van der Waals surface area contributed by atoms with Gasteiger partial charge in [0.1, 0.15) is 12.0 Å². The molecule has 0 bridgehead atoms. The number of fused-ring (bicyclic) bond motifs is 1. The van der Waals surface area contributed by atoms with Crippen molar-refractivity contribution in [2.75, 3.05) is 7.11 Å². The molecule has 32 heavy (non-hydrogen) atoms. The molecule has 8 nitrogen and oxygen atoms in total. The second-order valence-electron chi connectivity index (χ2n) is 8.39. The third-order valence-corrected chi connectivity index (χ3v) is 6.24. The van der Waals surface area contributed by atoms with E-state index in [4.69, 9.17) is 9.47 Å². The van der Waals surface area contributed by atoms with Gasteiger partial charge in [0.25, 0.3) is 0 Å². The van der Waals surface area contributed by atoms with E-state index in [1.54, 1.807) is 31.2 Å². The van der Waals surface area contributed by atoms with Crippen LogP contribution in [0.1, 0.15) is 70.0 Å². The van der Waals surface area contributed by atoms with Crippen LogP contribution in [0.4, 0.5) is 0 Å². The molecule has 2 aromatic rings. The number of nitrogens with zero attached hydrogens (tertiary/aromatic N) is 1. The van der Waals surface area contributed by atoms with Gasteiger partial charge in [-0.25, -0.2) is 9.59 Å². The number of quaternary nitrogens is 1. The highest BCUT2D eigenvalue weighted by atomic mass is 16.6. The first-order chi connectivity index (χ1) is 15.3. The number of aliphatic carboxylic acids is 1. The Kier molecular flexibility index (Phi) is 5.75. The lowest BCUT2D eigenvalue weighted by Gasteiger charge is -2.29. The highest BCUT2D eigenvalue weighted by Gasteiger charge is 2.60. The van der Waals surface area contributed by atoms with Gasteiger partial charge in [0.05, 0.1) is 18.8 Å². The predicted octanol–water partition coefficient (Wildman–Crippen LogP) is 4.04. The highest BCUT2D eigenvalue weighted by molar-refractivity contribution is 6.13. The standard InChI is InChI=1S/C24H25NO7/c1-14-7-9-17-18(11-14)24(29)25(30,23(17)28)19(13-22(26)27)15-8-10-20(31-2)21(12-15)32-16-5-3-4-6-16/h7-12,16,19,30H,3-6,13H2,1-2H3/p+1. The van der Waals surface area contributed by atoms with E-state index < -0.39 is 34.9 Å². The average Bonchev–Trinajstić information content (AvgIpc) is 3.34. The van der Waals surface area contributed by atoms with Gasteiger partial charge in [-0.1, -0.05) is 11.6 Å². The third-order valence-electron chi connectivity index (χ3n) is 6.24. The van der Waals surface area contributed by atoms with Crippen molar-refractivity contribution in [2.45, 2.75) is 51.2 Å². The van der Waals surface area contributed by atoms with Crippen LogP contribution in [-0.2, 0) is 4.79 Å². The van der Waals surface area contributed by atoms with E-state index in [1.165, 1.54) is 19.2 Å². The van der Waals surface area contributed by atoms with Crippen LogP contribution < -0.4 is 9.47 Å². The zero-order valence-electron chi connectivity index (χ0n) is 18.0. The van der Waals surface area contributed by atoms with Gasteiger partial charge in [-0.05, 0) is 67.6 Å². The summed E-state index contributed by atoms with van der Waals surface area (Å²) in [5, 5.41) is 21.0. The molecule has 0 radical (unpaired) electrons. The van der Waals surface area contributed by atoms with Crippen LogP contribution in [0, 0.1) is 6.92 Å². The summed E-state index contributed by atoms with van der Waals surface area (Å²) in [4.78, 5) is 38.1. The summed E-state index contributed by atoms with van der Waals surface area (Å²) < 4.78 is 9.82. The van der Waals surface area contributed by atoms with Crippen molar-refractivity contribution >= 4 is 17.8 Å². The summed E-state index contributed by atoms with van der Waals surface area (Å²) in [7, 11) is 1.50. The van der Waals surface area contributed by atoms with Gasteiger partial charge in [-0.2, -0.15) is 5.21 Å². The maximum atomic E-state index is 13.2. The maximum absolute atomic E-state index is 13.2. The number of hydroxylamine groups is 3. The zero-order valence-corrected chi connectivity index (χ0v) is 18.0. The number of ether oxygens (including phenoxy) is 2. The number of carboxylic acid groups (broad SMARTS) is 1. The second kappa shape index (κ2) is 8.37. The maximum Gasteiger partial charge on any atom is 0.387 e. The molecular weight excluding hydrogens is 414 g/mol. The Balaban J connectivity index is 1.78. The molecule has 2 amide bonds. The van der Waals surface area contributed by atoms with E-state index in [9.17, 15) is 24.7 Å². The molecule has 1 heterocycles. The van der Waals surface area contributed by atoms with E-state index in [-0.39, 0.29) is 17.2 Å². The Hall–Kier alpha value is -3.23. The highest BCUT2D eigenvalue weighted by Crippen LogP contribution is 2.42. The zero-order chi connectivity index (χ0) is 23.0. The van der Waals surface area contributed by atoms with Gasteiger partial charge in [-0.3, -0.25) is 4.79 Å². The van der Waals surface area contributed by atoms with Gasteiger partial charge >= 0.3 is 17.8 Å². The van der Waals surface area contributed by atoms with Crippen molar-refractivity contribution in [2.24, 2.45) is 0 Å². The summed E-state index contributed by atoms with van der Waals surface area (Å²) in [5.74, 6) is -2.08. The number of hydrogen-bond donors (Lipinski definition) is 2.